The van der Waals surface area contributed by atoms with Crippen molar-refractivity contribution in [3.8, 4) is 0 Å². The minimum atomic E-state index is -0.239. The highest BCUT2D eigenvalue weighted by atomic mass is 16.1. The van der Waals surface area contributed by atoms with Gasteiger partial charge < -0.3 is 15.6 Å². The molecular formula is C13H24N4O. The van der Waals surface area contributed by atoms with Gasteiger partial charge in [-0.15, -0.1) is 0 Å². The van der Waals surface area contributed by atoms with E-state index in [1.54, 1.807) is 17.0 Å². The molecule has 1 aromatic rings. The standard InChI is InChI=1S/C13H24N4O/c1-4-8-17-9-7-15-11(12(17)18)16-13(5-2,6-3)10-14/h7,9H,4-6,8,10,14H2,1-3H3,(H,15,16). The van der Waals surface area contributed by atoms with Gasteiger partial charge in [0, 0.05) is 25.5 Å². The highest BCUT2D eigenvalue weighted by Gasteiger charge is 2.25. The van der Waals surface area contributed by atoms with Crippen LogP contribution in [0.2, 0.25) is 0 Å². The molecule has 0 aliphatic rings. The first-order valence-corrected chi connectivity index (χ1v) is 6.66. The number of nitrogens with two attached hydrogens (primary N) is 1. The Labute approximate surface area is 108 Å². The molecular weight excluding hydrogens is 228 g/mol. The smallest absolute Gasteiger partial charge is 0.293 e. The molecule has 0 saturated heterocycles. The van der Waals surface area contributed by atoms with E-state index in [1.165, 1.54) is 0 Å². The van der Waals surface area contributed by atoms with Crippen molar-refractivity contribution >= 4 is 5.82 Å². The summed E-state index contributed by atoms with van der Waals surface area (Å²) in [5, 5.41) is 3.24. The van der Waals surface area contributed by atoms with Gasteiger partial charge in [0.05, 0.1) is 5.54 Å². The number of nitrogens with one attached hydrogen (secondary N) is 1. The fraction of sp³-hybridized carbons (Fsp3) is 0.692. The molecule has 0 aliphatic heterocycles. The molecule has 0 fully saturated rings. The molecule has 5 nitrogen and oxygen atoms in total. The minimum Gasteiger partial charge on any atom is -0.359 e. The molecule has 0 unspecified atom stereocenters. The summed E-state index contributed by atoms with van der Waals surface area (Å²) in [7, 11) is 0. The van der Waals surface area contributed by atoms with Gasteiger partial charge >= 0.3 is 0 Å². The molecule has 1 heterocycles. The maximum atomic E-state index is 12.2. The zero-order valence-electron chi connectivity index (χ0n) is 11.6. The number of hydrogen-bond acceptors (Lipinski definition) is 4. The van der Waals surface area contributed by atoms with Crippen LogP contribution in [-0.2, 0) is 6.54 Å². The third kappa shape index (κ3) is 3.10. The Bertz CT molecular complexity index is 415. The number of rotatable bonds is 7. The summed E-state index contributed by atoms with van der Waals surface area (Å²) in [4.78, 5) is 16.3. The van der Waals surface area contributed by atoms with Gasteiger partial charge in [-0.3, -0.25) is 4.79 Å². The van der Waals surface area contributed by atoms with Crippen molar-refractivity contribution in [3.63, 3.8) is 0 Å². The van der Waals surface area contributed by atoms with Crippen molar-refractivity contribution in [2.75, 3.05) is 11.9 Å². The molecule has 0 radical (unpaired) electrons. The van der Waals surface area contributed by atoms with Crippen LogP contribution in [0.1, 0.15) is 40.0 Å². The van der Waals surface area contributed by atoms with Crippen molar-refractivity contribution in [1.29, 1.82) is 0 Å². The van der Waals surface area contributed by atoms with Crippen molar-refractivity contribution < 1.29 is 0 Å². The van der Waals surface area contributed by atoms with E-state index in [1.807, 2.05) is 6.92 Å². The fourth-order valence-electron chi connectivity index (χ4n) is 1.97. The summed E-state index contributed by atoms with van der Waals surface area (Å²) in [6, 6.07) is 0. The number of aromatic nitrogens is 2. The topological polar surface area (TPSA) is 72.9 Å². The predicted octanol–water partition coefficient (Wildman–Crippen LogP) is 1.58. The maximum absolute atomic E-state index is 12.2. The quantitative estimate of drug-likeness (QED) is 0.773. The Morgan fingerprint density at radius 1 is 1.39 bits per heavy atom. The average Bonchev–Trinajstić information content (AvgIpc) is 2.41. The van der Waals surface area contributed by atoms with Crippen LogP contribution in [-0.4, -0.2) is 21.6 Å². The summed E-state index contributed by atoms with van der Waals surface area (Å²) in [6.45, 7) is 7.38. The molecule has 18 heavy (non-hydrogen) atoms. The van der Waals surface area contributed by atoms with E-state index < -0.39 is 0 Å². The van der Waals surface area contributed by atoms with E-state index in [0.29, 0.717) is 18.9 Å². The van der Waals surface area contributed by atoms with E-state index in [2.05, 4.69) is 24.1 Å². The van der Waals surface area contributed by atoms with E-state index in [4.69, 9.17) is 5.73 Å². The molecule has 0 bridgehead atoms. The van der Waals surface area contributed by atoms with E-state index in [0.717, 1.165) is 19.3 Å². The van der Waals surface area contributed by atoms with Crippen molar-refractivity contribution in [2.24, 2.45) is 5.73 Å². The third-order valence-electron chi connectivity index (χ3n) is 3.51. The largest absolute Gasteiger partial charge is 0.359 e. The second-order valence-corrected chi connectivity index (χ2v) is 4.59. The number of hydrogen-bond donors (Lipinski definition) is 2. The molecule has 3 N–H and O–H groups in total. The zero-order valence-corrected chi connectivity index (χ0v) is 11.6. The lowest BCUT2D eigenvalue weighted by molar-refractivity contribution is 0.442. The number of anilines is 1. The minimum absolute atomic E-state index is 0.0703. The highest BCUT2D eigenvalue weighted by Crippen LogP contribution is 2.17. The molecule has 0 saturated carbocycles. The molecule has 1 rings (SSSR count). The lowest BCUT2D eigenvalue weighted by Crippen LogP contribution is -2.46. The van der Waals surface area contributed by atoms with E-state index in [-0.39, 0.29) is 11.1 Å². The lowest BCUT2D eigenvalue weighted by atomic mass is 9.93. The maximum Gasteiger partial charge on any atom is 0.293 e. The highest BCUT2D eigenvalue weighted by molar-refractivity contribution is 5.35. The van der Waals surface area contributed by atoms with Crippen molar-refractivity contribution in [3.05, 3.63) is 22.7 Å². The normalized spacial score (nSPS) is 11.6. The Balaban J connectivity index is 3.04. The second-order valence-electron chi connectivity index (χ2n) is 4.59. The van der Waals surface area contributed by atoms with Crippen LogP contribution in [0.15, 0.2) is 17.2 Å². The molecule has 5 heteroatoms. The van der Waals surface area contributed by atoms with Crippen molar-refractivity contribution in [1.82, 2.24) is 9.55 Å². The lowest BCUT2D eigenvalue weighted by Gasteiger charge is -2.31. The van der Waals surface area contributed by atoms with Crippen LogP contribution in [0.25, 0.3) is 0 Å². The van der Waals surface area contributed by atoms with Gasteiger partial charge in [-0.25, -0.2) is 4.98 Å². The number of aryl methyl sites for hydroxylation is 1. The van der Waals surface area contributed by atoms with Crippen LogP contribution in [0.3, 0.4) is 0 Å². The van der Waals surface area contributed by atoms with Gasteiger partial charge in [-0.1, -0.05) is 20.8 Å². The SMILES string of the molecule is CCCn1ccnc(NC(CC)(CC)CN)c1=O. The molecule has 0 atom stereocenters. The summed E-state index contributed by atoms with van der Waals surface area (Å²) in [5.41, 5.74) is 5.52. The summed E-state index contributed by atoms with van der Waals surface area (Å²) >= 11 is 0. The Morgan fingerprint density at radius 2 is 2.06 bits per heavy atom. The van der Waals surface area contributed by atoms with Gasteiger partial charge in [-0.2, -0.15) is 0 Å². The van der Waals surface area contributed by atoms with Gasteiger partial charge in [0.15, 0.2) is 5.82 Å². The first-order chi connectivity index (χ1) is 8.62. The average molecular weight is 252 g/mol. The molecule has 0 spiro atoms. The van der Waals surface area contributed by atoms with E-state index >= 15 is 0 Å². The van der Waals surface area contributed by atoms with Crippen LogP contribution >= 0.6 is 0 Å². The Kier molecular flexibility index (Phi) is 5.34. The van der Waals surface area contributed by atoms with Gasteiger partial charge in [0.25, 0.3) is 5.56 Å². The van der Waals surface area contributed by atoms with Gasteiger partial charge in [0.2, 0.25) is 0 Å². The van der Waals surface area contributed by atoms with Gasteiger partial charge in [-0.05, 0) is 19.3 Å². The summed E-state index contributed by atoms with van der Waals surface area (Å²) in [5.74, 6) is 0.403. The molecule has 0 aromatic carbocycles. The van der Waals surface area contributed by atoms with E-state index in [9.17, 15) is 4.79 Å². The summed E-state index contributed by atoms with van der Waals surface area (Å²) < 4.78 is 1.68. The van der Waals surface area contributed by atoms with Crippen LogP contribution < -0.4 is 16.6 Å². The molecule has 1 aromatic heterocycles. The Hall–Kier alpha value is -1.36. The van der Waals surface area contributed by atoms with Crippen LogP contribution in [0, 0.1) is 0 Å². The monoisotopic (exact) mass is 252 g/mol. The molecule has 0 aliphatic carbocycles. The fourth-order valence-corrected chi connectivity index (χ4v) is 1.97. The van der Waals surface area contributed by atoms with Crippen LogP contribution in [0.4, 0.5) is 5.82 Å². The molecule has 102 valence electrons. The third-order valence-corrected chi connectivity index (χ3v) is 3.51. The predicted molar refractivity (Wildman–Crippen MR) is 74.8 cm³/mol. The van der Waals surface area contributed by atoms with Crippen molar-refractivity contribution in [2.45, 2.75) is 52.1 Å². The molecule has 0 amide bonds. The summed E-state index contributed by atoms with van der Waals surface area (Å²) in [6.07, 6.45) is 6.03. The second kappa shape index (κ2) is 6.54. The zero-order chi connectivity index (χ0) is 13.6. The number of nitrogens with zero attached hydrogens (tertiary/aromatic N) is 2. The Morgan fingerprint density at radius 3 is 2.56 bits per heavy atom. The first kappa shape index (κ1) is 14.7. The van der Waals surface area contributed by atoms with Crippen LogP contribution in [0.5, 0.6) is 0 Å². The first-order valence-electron chi connectivity index (χ1n) is 6.66. The van der Waals surface area contributed by atoms with Gasteiger partial charge in [0.1, 0.15) is 0 Å².